The van der Waals surface area contributed by atoms with Crippen LogP contribution in [0.1, 0.15) is 65.3 Å². The van der Waals surface area contributed by atoms with Gasteiger partial charge >= 0.3 is 0 Å². The second-order valence-corrected chi connectivity index (χ2v) is 24.0. The summed E-state index contributed by atoms with van der Waals surface area (Å²) in [6.07, 6.45) is 8.25. The van der Waals surface area contributed by atoms with E-state index in [-0.39, 0.29) is 5.41 Å². The third-order valence-electron chi connectivity index (χ3n) is 18.5. The summed E-state index contributed by atoms with van der Waals surface area (Å²) < 4.78 is 7.25. The van der Waals surface area contributed by atoms with Gasteiger partial charge in [-0.25, -0.2) is 0 Å². The fourth-order valence-electron chi connectivity index (χ4n) is 14.3. The quantitative estimate of drug-likeness (QED) is 0.134. The van der Waals surface area contributed by atoms with Gasteiger partial charge in [0.1, 0.15) is 11.5 Å². The Bertz CT molecular complexity index is 4860. The summed E-state index contributed by atoms with van der Waals surface area (Å²) in [6, 6.07) is 105. The second kappa shape index (κ2) is 21.9. The molecule has 0 bridgehead atoms. The Kier molecular flexibility index (Phi) is 13.4. The highest BCUT2D eigenvalue weighted by Crippen LogP contribution is 2.64. The SMILES string of the molecule is C=C/C=C(\C=C/C)c1cc(-c2ccccc2)cc(N(c2cccc(-c3ccc(-c4ccc5c(c4)C4(c6ccccc6-5)c5ccc6ccccc6c5Oc5c4ccc4ccccc54)cc3)c2)c2ccc3c(c2)C(C)(C)c2ccccc2-3)c1.Cc1ccccc1. The molecule has 0 N–H and O–H groups in total. The molecule has 3 aliphatic rings. The summed E-state index contributed by atoms with van der Waals surface area (Å²) in [4.78, 5) is 2.45. The summed E-state index contributed by atoms with van der Waals surface area (Å²) in [5.41, 5.74) is 25.6. The highest BCUT2D eigenvalue weighted by atomic mass is 16.5. The molecule has 0 radical (unpaired) electrons. The number of ether oxygens (including phenoxy) is 1. The molecule has 0 atom stereocenters. The van der Waals surface area contributed by atoms with E-state index in [2.05, 4.69) is 324 Å². The average molecular weight is 1130 g/mol. The number of anilines is 3. The van der Waals surface area contributed by atoms with E-state index >= 15 is 0 Å². The molecule has 0 amide bonds. The van der Waals surface area contributed by atoms with Crippen LogP contribution in [0, 0.1) is 6.92 Å². The van der Waals surface area contributed by atoms with Crippen molar-refractivity contribution in [3.8, 4) is 67.1 Å². The Labute approximate surface area is 517 Å². The fourth-order valence-corrected chi connectivity index (χ4v) is 14.3. The standard InChI is InChI=1S/C79H57NO.C7H8/c1-5-19-51(20-6-2)59-45-60(52-21-8-7-9-22-52)48-63(47-59)80(62-40-42-68-66-29-14-16-31-70(66)78(3,4)74(68)50-62)61-26-18-25-57(46-61)53-33-35-54(36-34-53)58-37-41-69-67-30-15-17-32-71(67)79(75(69)49-58)72-43-38-55-23-10-12-27-64(55)76(72)81-77-65-28-13-11-24-56(65)39-44-73(77)79;1-7-5-3-2-4-6-7/h5-50H,1H2,2-4H3;2-6H,1H3/b20-6-,51-19+;. The van der Waals surface area contributed by atoms with Crippen LogP contribution in [0.15, 0.2) is 316 Å². The molecule has 0 fully saturated rings. The van der Waals surface area contributed by atoms with Crippen LogP contribution in [0.4, 0.5) is 17.1 Å². The first-order valence-corrected chi connectivity index (χ1v) is 30.6. The summed E-state index contributed by atoms with van der Waals surface area (Å²) in [6.45, 7) is 13.0. The summed E-state index contributed by atoms with van der Waals surface area (Å²) in [5.74, 6) is 1.85. The maximum absolute atomic E-state index is 7.25. The lowest BCUT2D eigenvalue weighted by Crippen LogP contribution is -2.32. The Balaban J connectivity index is 0.000000871. The van der Waals surface area contributed by atoms with Crippen molar-refractivity contribution in [3.05, 3.63) is 361 Å². The lowest BCUT2D eigenvalue weighted by atomic mass is 9.65. The first-order valence-electron chi connectivity index (χ1n) is 30.6. The number of nitrogens with zero attached hydrogens (tertiary/aromatic N) is 1. The monoisotopic (exact) mass is 1130 g/mol. The van der Waals surface area contributed by atoms with E-state index in [9.17, 15) is 0 Å². The number of rotatable bonds is 9. The van der Waals surface area contributed by atoms with Gasteiger partial charge in [0.15, 0.2) is 0 Å². The van der Waals surface area contributed by atoms with Gasteiger partial charge in [0.05, 0.1) is 5.41 Å². The molecule has 0 aromatic heterocycles. The molecule has 420 valence electrons. The van der Waals surface area contributed by atoms with E-state index in [1.165, 1.54) is 66.8 Å². The van der Waals surface area contributed by atoms with Crippen LogP contribution in [0.2, 0.25) is 0 Å². The molecule has 16 rings (SSSR count). The fraction of sp³-hybridized carbons (Fsp3) is 0.0698. The van der Waals surface area contributed by atoms with Gasteiger partial charge in [0, 0.05) is 44.4 Å². The smallest absolute Gasteiger partial charge is 0.140 e. The Morgan fingerprint density at radius 1 is 0.386 bits per heavy atom. The zero-order chi connectivity index (χ0) is 59.5. The van der Waals surface area contributed by atoms with Gasteiger partial charge in [0.25, 0.3) is 0 Å². The van der Waals surface area contributed by atoms with Crippen molar-refractivity contribution < 1.29 is 4.74 Å². The van der Waals surface area contributed by atoms with Gasteiger partial charge in [-0.3, -0.25) is 0 Å². The zero-order valence-corrected chi connectivity index (χ0v) is 50.0. The van der Waals surface area contributed by atoms with Crippen LogP contribution in [0.25, 0.3) is 82.8 Å². The third kappa shape index (κ3) is 8.94. The summed E-state index contributed by atoms with van der Waals surface area (Å²) >= 11 is 0. The van der Waals surface area contributed by atoms with E-state index in [0.717, 1.165) is 89.1 Å². The Morgan fingerprint density at radius 3 is 1.55 bits per heavy atom. The molecular weight excluding hydrogens is 1060 g/mol. The van der Waals surface area contributed by atoms with Gasteiger partial charge < -0.3 is 9.64 Å². The lowest BCUT2D eigenvalue weighted by Gasteiger charge is -2.40. The Hall–Kier alpha value is -10.8. The molecule has 2 heteroatoms. The van der Waals surface area contributed by atoms with E-state index in [1.807, 2.05) is 24.3 Å². The number of hydrogen-bond acceptors (Lipinski definition) is 2. The lowest BCUT2D eigenvalue weighted by molar-refractivity contribution is 0.447. The minimum atomic E-state index is -0.624. The van der Waals surface area contributed by atoms with Gasteiger partial charge in [-0.2, -0.15) is 0 Å². The molecular formula is C86H65NO. The Morgan fingerprint density at radius 2 is 0.898 bits per heavy atom. The van der Waals surface area contributed by atoms with Crippen LogP contribution >= 0.6 is 0 Å². The van der Waals surface area contributed by atoms with Crippen molar-refractivity contribution in [2.75, 3.05) is 4.90 Å². The molecule has 88 heavy (non-hydrogen) atoms. The summed E-state index contributed by atoms with van der Waals surface area (Å²) in [7, 11) is 0. The maximum atomic E-state index is 7.25. The van der Waals surface area contributed by atoms with Gasteiger partial charge in [0.2, 0.25) is 0 Å². The van der Waals surface area contributed by atoms with Crippen LogP contribution in [0.5, 0.6) is 11.5 Å². The van der Waals surface area contributed by atoms with E-state index in [1.54, 1.807) is 0 Å². The molecule has 13 aromatic carbocycles. The number of fused-ring (bicyclic) bond motifs is 16. The minimum absolute atomic E-state index is 0.174. The van der Waals surface area contributed by atoms with Crippen molar-refractivity contribution in [2.24, 2.45) is 0 Å². The van der Waals surface area contributed by atoms with Crippen LogP contribution in [0.3, 0.4) is 0 Å². The number of allylic oxidation sites excluding steroid dienone is 5. The average Bonchev–Trinajstić information content (AvgIpc) is 1.41. The normalized spacial score (nSPS) is 13.6. The number of hydrogen-bond donors (Lipinski definition) is 0. The maximum Gasteiger partial charge on any atom is 0.140 e. The number of benzene rings is 13. The first-order chi connectivity index (χ1) is 43.2. The van der Waals surface area contributed by atoms with E-state index < -0.39 is 5.41 Å². The molecule has 13 aromatic rings. The van der Waals surface area contributed by atoms with Crippen LogP contribution in [-0.4, -0.2) is 0 Å². The predicted octanol–water partition coefficient (Wildman–Crippen LogP) is 23.4. The van der Waals surface area contributed by atoms with Gasteiger partial charge in [-0.15, -0.1) is 0 Å². The van der Waals surface area contributed by atoms with Crippen LogP contribution in [-0.2, 0) is 10.8 Å². The van der Waals surface area contributed by atoms with Crippen molar-refractivity contribution in [2.45, 2.75) is 38.5 Å². The summed E-state index contributed by atoms with van der Waals surface area (Å²) in [5, 5.41) is 4.55. The van der Waals surface area contributed by atoms with Gasteiger partial charge in [-0.1, -0.05) is 287 Å². The molecule has 0 saturated heterocycles. The largest absolute Gasteiger partial charge is 0.455 e. The molecule has 1 heterocycles. The van der Waals surface area contributed by atoms with Crippen molar-refractivity contribution in [1.82, 2.24) is 0 Å². The number of aryl methyl sites for hydroxylation is 1. The molecule has 0 unspecified atom stereocenters. The topological polar surface area (TPSA) is 12.5 Å². The molecule has 1 aliphatic heterocycles. The zero-order valence-electron chi connectivity index (χ0n) is 50.0. The molecule has 2 aliphatic carbocycles. The van der Waals surface area contributed by atoms with E-state index in [0.29, 0.717) is 0 Å². The molecule has 1 spiro atoms. The van der Waals surface area contributed by atoms with Gasteiger partial charge in [-0.05, 0) is 162 Å². The predicted molar refractivity (Wildman–Crippen MR) is 372 cm³/mol. The van der Waals surface area contributed by atoms with E-state index in [4.69, 9.17) is 4.74 Å². The van der Waals surface area contributed by atoms with Crippen molar-refractivity contribution >= 4 is 44.2 Å². The third-order valence-corrected chi connectivity index (χ3v) is 18.5. The molecule has 0 saturated carbocycles. The van der Waals surface area contributed by atoms with Crippen molar-refractivity contribution in [3.63, 3.8) is 0 Å². The minimum Gasteiger partial charge on any atom is -0.455 e. The van der Waals surface area contributed by atoms with Crippen LogP contribution < -0.4 is 9.64 Å². The molecule has 2 nitrogen and oxygen atoms in total. The highest BCUT2D eigenvalue weighted by Gasteiger charge is 2.52. The first kappa shape index (κ1) is 53.9. The highest BCUT2D eigenvalue weighted by molar-refractivity contribution is 6.01. The second-order valence-electron chi connectivity index (χ2n) is 24.0. The van der Waals surface area contributed by atoms with Crippen molar-refractivity contribution in [1.29, 1.82) is 0 Å².